The van der Waals surface area contributed by atoms with Crippen molar-refractivity contribution >= 4 is 11.9 Å². The fourth-order valence-electron chi connectivity index (χ4n) is 6.95. The Morgan fingerprint density at radius 3 is 2.74 bits per heavy atom. The molecule has 2 heterocycles. The first-order valence-corrected chi connectivity index (χ1v) is 10.7. The molecule has 1 spiro atoms. The highest BCUT2D eigenvalue weighted by molar-refractivity contribution is 6.07. The van der Waals surface area contributed by atoms with Gasteiger partial charge in [0.1, 0.15) is 11.3 Å². The number of aliphatic hydroxyl groups is 1. The number of urea groups is 1. The van der Waals surface area contributed by atoms with E-state index >= 15 is 0 Å². The molecule has 2 aliphatic carbocycles. The van der Waals surface area contributed by atoms with E-state index < -0.39 is 35.1 Å². The summed E-state index contributed by atoms with van der Waals surface area (Å²) in [5, 5.41) is 17.4. The second-order valence-corrected chi connectivity index (χ2v) is 9.61. The lowest BCUT2D eigenvalue weighted by Crippen LogP contribution is -2.70. The van der Waals surface area contributed by atoms with Crippen LogP contribution in [0.3, 0.4) is 0 Å². The number of benzene rings is 1. The number of halogens is 2. The van der Waals surface area contributed by atoms with Crippen molar-refractivity contribution < 1.29 is 28.2 Å². The third-order valence-electron chi connectivity index (χ3n) is 8.12. The number of alkyl halides is 2. The number of likely N-dealkylation sites (tertiary alicyclic amines) is 1. The molecular formula is C22H27F2N3O4. The second kappa shape index (κ2) is 6.62. The Labute approximate surface area is 179 Å². The summed E-state index contributed by atoms with van der Waals surface area (Å²) in [5.74, 6) is 0.286. The van der Waals surface area contributed by atoms with Gasteiger partial charge >= 0.3 is 6.03 Å². The number of amides is 3. The summed E-state index contributed by atoms with van der Waals surface area (Å²) in [5.41, 5.74) is -1.49. The second-order valence-electron chi connectivity index (χ2n) is 9.61. The molecule has 9 heteroatoms. The molecule has 2 saturated heterocycles. The van der Waals surface area contributed by atoms with E-state index in [0.717, 1.165) is 11.1 Å². The largest absolute Gasteiger partial charge is 0.497 e. The maximum Gasteiger partial charge on any atom is 0.322 e. The fourth-order valence-corrected chi connectivity index (χ4v) is 6.95. The lowest BCUT2D eigenvalue weighted by atomic mass is 9.55. The van der Waals surface area contributed by atoms with E-state index in [1.54, 1.807) is 12.0 Å². The minimum absolute atomic E-state index is 0.0460. The normalized spacial score (nSPS) is 39.2. The highest BCUT2D eigenvalue weighted by Crippen LogP contribution is 2.65. The minimum atomic E-state index is -2.48. The van der Waals surface area contributed by atoms with Gasteiger partial charge in [-0.2, -0.15) is 0 Å². The summed E-state index contributed by atoms with van der Waals surface area (Å²) in [6.45, 7) is 2.06. The van der Waals surface area contributed by atoms with E-state index in [1.807, 2.05) is 25.1 Å². The summed E-state index contributed by atoms with van der Waals surface area (Å²) in [4.78, 5) is 26.5. The van der Waals surface area contributed by atoms with Crippen LogP contribution in [0.2, 0.25) is 0 Å². The molecule has 5 rings (SSSR count). The quantitative estimate of drug-likeness (QED) is 0.627. The Morgan fingerprint density at radius 2 is 2.10 bits per heavy atom. The summed E-state index contributed by atoms with van der Waals surface area (Å²) < 4.78 is 31.8. The van der Waals surface area contributed by atoms with Crippen molar-refractivity contribution in [3.63, 3.8) is 0 Å². The number of hydrogen-bond donors (Lipinski definition) is 3. The van der Waals surface area contributed by atoms with Crippen molar-refractivity contribution in [3.05, 3.63) is 29.3 Å². The monoisotopic (exact) mass is 435 g/mol. The first kappa shape index (κ1) is 20.6. The average Bonchev–Trinajstić information content (AvgIpc) is 3.07. The number of carbonyl (C=O) groups excluding carboxylic acids is 2. The number of rotatable bonds is 4. The molecule has 0 aromatic heterocycles. The molecule has 4 aliphatic rings. The van der Waals surface area contributed by atoms with Gasteiger partial charge in [0.25, 0.3) is 12.3 Å². The van der Waals surface area contributed by atoms with Crippen LogP contribution in [0, 0.1) is 12.8 Å². The Bertz CT molecular complexity index is 959. The van der Waals surface area contributed by atoms with E-state index in [2.05, 4.69) is 10.6 Å². The van der Waals surface area contributed by atoms with Gasteiger partial charge < -0.3 is 15.2 Å². The number of ether oxygens (including phenoxy) is 1. The molecule has 0 radical (unpaired) electrons. The van der Waals surface area contributed by atoms with Crippen LogP contribution in [-0.4, -0.2) is 65.8 Å². The molecule has 7 nitrogen and oxygen atoms in total. The van der Waals surface area contributed by atoms with Crippen LogP contribution in [0.5, 0.6) is 5.75 Å². The standard InChI is InChI=1S/C22H27F2N3O4/c1-12-3-4-14(31-2)7-15(12)20-8-13-9-27(10-16(23)24)17(13)22(20,30)6-5-21(11-20)18(28)25-19(29)26-21/h3-4,7,13,16-17,30H,5-6,8-11H2,1-2H3,(H2,25,26,28,29). The van der Waals surface area contributed by atoms with Crippen LogP contribution in [0.4, 0.5) is 13.6 Å². The molecule has 1 aromatic carbocycles. The van der Waals surface area contributed by atoms with E-state index in [0.29, 0.717) is 18.7 Å². The number of aryl methyl sites for hydroxylation is 1. The zero-order chi connectivity index (χ0) is 22.2. The van der Waals surface area contributed by atoms with Gasteiger partial charge in [-0.25, -0.2) is 13.6 Å². The predicted octanol–water partition coefficient (Wildman–Crippen LogP) is 1.70. The Hall–Kier alpha value is -2.26. The van der Waals surface area contributed by atoms with Crippen LogP contribution in [0.25, 0.3) is 0 Å². The molecular weight excluding hydrogens is 408 g/mol. The van der Waals surface area contributed by atoms with Crippen molar-refractivity contribution in [2.45, 2.75) is 61.6 Å². The summed E-state index contributed by atoms with van der Waals surface area (Å²) in [7, 11) is 1.56. The molecule has 3 N–H and O–H groups in total. The molecule has 3 amide bonds. The van der Waals surface area contributed by atoms with Crippen molar-refractivity contribution in [2.75, 3.05) is 20.2 Å². The highest BCUT2D eigenvalue weighted by atomic mass is 19.3. The predicted molar refractivity (Wildman–Crippen MR) is 107 cm³/mol. The van der Waals surface area contributed by atoms with Crippen LogP contribution in [0.15, 0.2) is 18.2 Å². The maximum atomic E-state index is 13.2. The topological polar surface area (TPSA) is 90.9 Å². The van der Waals surface area contributed by atoms with Crippen molar-refractivity contribution in [3.8, 4) is 5.75 Å². The number of nitrogens with zero attached hydrogens (tertiary/aromatic N) is 1. The first-order chi connectivity index (χ1) is 14.6. The van der Waals surface area contributed by atoms with Gasteiger partial charge in [0, 0.05) is 18.0 Å². The third kappa shape index (κ3) is 2.68. The summed E-state index contributed by atoms with van der Waals surface area (Å²) >= 11 is 0. The zero-order valence-corrected chi connectivity index (χ0v) is 17.6. The third-order valence-corrected chi connectivity index (χ3v) is 8.12. The molecule has 0 bridgehead atoms. The number of imide groups is 1. The van der Waals surface area contributed by atoms with E-state index in [-0.39, 0.29) is 37.6 Å². The van der Waals surface area contributed by atoms with E-state index in [4.69, 9.17) is 4.74 Å². The number of fused-ring (bicyclic) bond motifs is 3. The van der Waals surface area contributed by atoms with Crippen molar-refractivity contribution in [1.29, 1.82) is 0 Å². The van der Waals surface area contributed by atoms with Crippen molar-refractivity contribution in [2.24, 2.45) is 5.92 Å². The molecule has 1 aromatic rings. The lowest BCUT2D eigenvalue weighted by molar-refractivity contribution is -0.153. The van der Waals surface area contributed by atoms with E-state index in [1.165, 1.54) is 0 Å². The molecule has 31 heavy (non-hydrogen) atoms. The van der Waals surface area contributed by atoms with Crippen LogP contribution < -0.4 is 15.4 Å². The number of hydrogen-bond acceptors (Lipinski definition) is 5. The zero-order valence-electron chi connectivity index (χ0n) is 17.6. The number of methoxy groups -OCH3 is 1. The van der Waals surface area contributed by atoms with Crippen LogP contribution in [0.1, 0.15) is 36.8 Å². The Morgan fingerprint density at radius 1 is 1.32 bits per heavy atom. The SMILES string of the molecule is COc1ccc(C)c(C23CC4CN(CC(F)F)C4C2(O)CCC2(C3)NC(=O)NC2=O)c1. The van der Waals surface area contributed by atoms with Crippen LogP contribution in [-0.2, 0) is 10.2 Å². The van der Waals surface area contributed by atoms with Crippen molar-refractivity contribution in [1.82, 2.24) is 15.5 Å². The molecule has 168 valence electrons. The van der Waals surface area contributed by atoms with Gasteiger partial charge in [0.15, 0.2) is 0 Å². The molecule has 5 unspecified atom stereocenters. The van der Waals surface area contributed by atoms with Gasteiger partial charge in [-0.05, 0) is 61.8 Å². The van der Waals surface area contributed by atoms with Gasteiger partial charge in [0.05, 0.1) is 19.3 Å². The highest BCUT2D eigenvalue weighted by Gasteiger charge is 2.74. The number of carbonyl (C=O) groups is 2. The fraction of sp³-hybridized carbons (Fsp3) is 0.636. The Balaban J connectivity index is 1.65. The summed E-state index contributed by atoms with van der Waals surface area (Å²) in [6.07, 6.45) is -1.20. The first-order valence-electron chi connectivity index (χ1n) is 10.7. The smallest absolute Gasteiger partial charge is 0.322 e. The van der Waals surface area contributed by atoms with Gasteiger partial charge in [0.2, 0.25) is 0 Å². The molecule has 2 saturated carbocycles. The van der Waals surface area contributed by atoms with Gasteiger partial charge in [-0.1, -0.05) is 6.07 Å². The molecule has 2 aliphatic heterocycles. The van der Waals surface area contributed by atoms with E-state index in [9.17, 15) is 23.5 Å². The van der Waals surface area contributed by atoms with Crippen LogP contribution >= 0.6 is 0 Å². The average molecular weight is 435 g/mol. The van der Waals surface area contributed by atoms with Gasteiger partial charge in [-0.15, -0.1) is 0 Å². The van der Waals surface area contributed by atoms with Gasteiger partial charge in [-0.3, -0.25) is 15.0 Å². The Kier molecular flexibility index (Phi) is 4.41. The lowest BCUT2D eigenvalue weighted by Gasteiger charge is -2.57. The molecule has 5 atom stereocenters. The maximum absolute atomic E-state index is 13.2. The minimum Gasteiger partial charge on any atom is -0.497 e. The summed E-state index contributed by atoms with van der Waals surface area (Å²) in [6, 6.07) is 4.70. The molecule has 4 fully saturated rings. The number of nitrogens with one attached hydrogen (secondary N) is 2.